The summed E-state index contributed by atoms with van der Waals surface area (Å²) in [6.07, 6.45) is 3.43. The summed E-state index contributed by atoms with van der Waals surface area (Å²) in [4.78, 5) is 25.1. The van der Waals surface area contributed by atoms with Crippen LogP contribution in [0.25, 0.3) is 5.69 Å². The number of rotatable bonds is 6. The van der Waals surface area contributed by atoms with Crippen LogP contribution in [-0.4, -0.2) is 27.6 Å². The number of nitrogen functional groups attached to an aromatic ring is 1. The second-order valence-corrected chi connectivity index (χ2v) is 8.35. The predicted molar refractivity (Wildman–Crippen MR) is 121 cm³/mol. The molecule has 160 valence electrons. The molecule has 7 nitrogen and oxygen atoms in total. The van der Waals surface area contributed by atoms with Gasteiger partial charge in [0.2, 0.25) is 0 Å². The van der Waals surface area contributed by atoms with Crippen LogP contribution in [0.2, 0.25) is 10.0 Å². The zero-order chi connectivity index (χ0) is 22.1. The number of hydrogen-bond acceptors (Lipinski definition) is 4. The number of aryl methyl sites for hydroxylation is 1. The minimum atomic E-state index is -0.366. The second kappa shape index (κ2) is 8.61. The summed E-state index contributed by atoms with van der Waals surface area (Å²) >= 11 is 11.9. The molecule has 0 saturated heterocycles. The van der Waals surface area contributed by atoms with E-state index in [2.05, 4.69) is 15.7 Å². The number of hydrogen-bond donors (Lipinski definition) is 3. The molecule has 1 heterocycles. The van der Waals surface area contributed by atoms with Crippen molar-refractivity contribution in [1.29, 1.82) is 0 Å². The number of carbonyl (C=O) groups excluding carboxylic acids is 2. The minimum Gasteiger partial charge on any atom is -0.383 e. The molecule has 2 amide bonds. The molecule has 0 unspecified atom stereocenters. The number of benzene rings is 2. The third kappa shape index (κ3) is 4.68. The van der Waals surface area contributed by atoms with Crippen molar-refractivity contribution >= 4 is 40.8 Å². The number of nitrogens with zero attached hydrogens (tertiary/aromatic N) is 2. The van der Waals surface area contributed by atoms with E-state index in [-0.39, 0.29) is 35.8 Å². The van der Waals surface area contributed by atoms with Gasteiger partial charge in [0.05, 0.1) is 21.9 Å². The number of anilines is 1. The lowest BCUT2D eigenvalue weighted by Gasteiger charge is -2.11. The summed E-state index contributed by atoms with van der Waals surface area (Å²) in [5.74, 6) is -0.307. The van der Waals surface area contributed by atoms with Crippen LogP contribution >= 0.6 is 23.2 Å². The molecule has 4 rings (SSSR count). The molecule has 3 aromatic rings. The Hall–Kier alpha value is -3.03. The highest BCUT2D eigenvalue weighted by Gasteiger charge is 2.24. The van der Waals surface area contributed by atoms with E-state index >= 15 is 0 Å². The van der Waals surface area contributed by atoms with Gasteiger partial charge in [-0.1, -0.05) is 35.3 Å². The minimum absolute atomic E-state index is 0.130. The Kier molecular flexibility index (Phi) is 5.89. The van der Waals surface area contributed by atoms with Crippen LogP contribution in [0.3, 0.4) is 0 Å². The summed E-state index contributed by atoms with van der Waals surface area (Å²) in [5, 5.41) is 10.9. The van der Waals surface area contributed by atoms with Crippen molar-refractivity contribution in [2.75, 3.05) is 5.73 Å². The van der Waals surface area contributed by atoms with Crippen molar-refractivity contribution in [1.82, 2.24) is 20.4 Å². The van der Waals surface area contributed by atoms with Gasteiger partial charge >= 0.3 is 0 Å². The summed E-state index contributed by atoms with van der Waals surface area (Å²) in [6.45, 7) is 2.15. The van der Waals surface area contributed by atoms with Gasteiger partial charge in [-0.05, 0) is 55.2 Å². The fourth-order valence-electron chi connectivity index (χ4n) is 3.13. The highest BCUT2D eigenvalue weighted by atomic mass is 35.5. The standard InChI is InChI=1S/C22H21Cl2N5O2/c1-12-2-4-14(21(30)28-15-5-6-15)9-19(12)29-20(25)16(11-27-29)22(31)26-10-13-3-7-17(23)18(24)8-13/h2-4,7-9,11,15H,5-6,10,25H2,1H3,(H,26,31)(H,28,30). The van der Waals surface area contributed by atoms with E-state index in [9.17, 15) is 9.59 Å². The second-order valence-electron chi connectivity index (χ2n) is 7.54. The molecule has 2 aromatic carbocycles. The van der Waals surface area contributed by atoms with Crippen LogP contribution in [0.4, 0.5) is 5.82 Å². The molecule has 9 heteroatoms. The van der Waals surface area contributed by atoms with E-state index in [1.165, 1.54) is 10.9 Å². The molecule has 1 aliphatic rings. The highest BCUT2D eigenvalue weighted by molar-refractivity contribution is 6.42. The molecule has 1 aromatic heterocycles. The van der Waals surface area contributed by atoms with E-state index in [0.717, 1.165) is 24.0 Å². The molecule has 0 bridgehead atoms. The Bertz CT molecular complexity index is 1170. The van der Waals surface area contributed by atoms with Crippen LogP contribution in [0.5, 0.6) is 0 Å². The molecule has 4 N–H and O–H groups in total. The number of nitrogens with one attached hydrogen (secondary N) is 2. The number of aromatic nitrogens is 2. The van der Waals surface area contributed by atoms with Gasteiger partial charge in [-0.3, -0.25) is 9.59 Å². The number of halogens is 2. The average molecular weight is 458 g/mol. The largest absolute Gasteiger partial charge is 0.383 e. The lowest BCUT2D eigenvalue weighted by atomic mass is 10.1. The summed E-state index contributed by atoms with van der Waals surface area (Å²) in [5.41, 5.74) is 9.32. The van der Waals surface area contributed by atoms with Crippen molar-refractivity contribution in [3.8, 4) is 5.69 Å². The SMILES string of the molecule is Cc1ccc(C(=O)NC2CC2)cc1-n1ncc(C(=O)NCc2ccc(Cl)c(Cl)c2)c1N. The number of amides is 2. The Morgan fingerprint density at radius 1 is 1.13 bits per heavy atom. The Morgan fingerprint density at radius 3 is 2.61 bits per heavy atom. The quantitative estimate of drug-likeness (QED) is 0.522. The van der Waals surface area contributed by atoms with Crippen molar-refractivity contribution in [3.05, 3.63) is 74.9 Å². The zero-order valence-electron chi connectivity index (χ0n) is 16.8. The van der Waals surface area contributed by atoms with Gasteiger partial charge in [-0.15, -0.1) is 0 Å². The van der Waals surface area contributed by atoms with Gasteiger partial charge in [0.25, 0.3) is 11.8 Å². The van der Waals surface area contributed by atoms with E-state index in [4.69, 9.17) is 28.9 Å². The first-order chi connectivity index (χ1) is 14.8. The lowest BCUT2D eigenvalue weighted by molar-refractivity contribution is 0.0943. The number of carbonyl (C=O) groups is 2. The molecule has 0 aliphatic heterocycles. The fourth-order valence-corrected chi connectivity index (χ4v) is 3.45. The van der Waals surface area contributed by atoms with Gasteiger partial charge in [0.15, 0.2) is 0 Å². The first kappa shape index (κ1) is 21.2. The Balaban J connectivity index is 1.52. The topological polar surface area (TPSA) is 102 Å². The third-order valence-corrected chi connectivity index (χ3v) is 5.84. The molecular formula is C22H21Cl2N5O2. The summed E-state index contributed by atoms with van der Waals surface area (Å²) in [7, 11) is 0. The van der Waals surface area contributed by atoms with Crippen LogP contribution in [0.15, 0.2) is 42.6 Å². The predicted octanol–water partition coefficient (Wildman–Crippen LogP) is 3.89. The Labute approximate surface area is 189 Å². The van der Waals surface area contributed by atoms with Crippen LogP contribution < -0.4 is 16.4 Å². The maximum atomic E-state index is 12.7. The Morgan fingerprint density at radius 2 is 1.90 bits per heavy atom. The van der Waals surface area contributed by atoms with E-state index in [0.29, 0.717) is 21.3 Å². The highest BCUT2D eigenvalue weighted by Crippen LogP contribution is 2.24. The van der Waals surface area contributed by atoms with Gasteiger partial charge in [0, 0.05) is 18.2 Å². The zero-order valence-corrected chi connectivity index (χ0v) is 18.3. The van der Waals surface area contributed by atoms with Gasteiger partial charge < -0.3 is 16.4 Å². The summed E-state index contributed by atoms with van der Waals surface area (Å²) < 4.78 is 1.47. The van der Waals surface area contributed by atoms with Crippen molar-refractivity contribution < 1.29 is 9.59 Å². The molecule has 31 heavy (non-hydrogen) atoms. The molecule has 1 fully saturated rings. The normalized spacial score (nSPS) is 13.1. The van der Waals surface area contributed by atoms with Gasteiger partial charge in [-0.25, -0.2) is 4.68 Å². The van der Waals surface area contributed by atoms with E-state index in [1.807, 2.05) is 13.0 Å². The van der Waals surface area contributed by atoms with Crippen LogP contribution in [0, 0.1) is 6.92 Å². The lowest BCUT2D eigenvalue weighted by Crippen LogP contribution is -2.25. The van der Waals surface area contributed by atoms with Gasteiger partial charge in [-0.2, -0.15) is 5.10 Å². The average Bonchev–Trinajstić information content (AvgIpc) is 3.48. The molecular weight excluding hydrogens is 437 g/mol. The third-order valence-electron chi connectivity index (χ3n) is 5.10. The number of nitrogens with two attached hydrogens (primary N) is 1. The van der Waals surface area contributed by atoms with E-state index < -0.39 is 0 Å². The van der Waals surface area contributed by atoms with Crippen LogP contribution in [-0.2, 0) is 6.54 Å². The summed E-state index contributed by atoms with van der Waals surface area (Å²) in [6, 6.07) is 10.7. The maximum Gasteiger partial charge on any atom is 0.256 e. The molecule has 0 atom stereocenters. The molecule has 1 saturated carbocycles. The van der Waals surface area contributed by atoms with Crippen LogP contribution in [0.1, 0.15) is 44.7 Å². The van der Waals surface area contributed by atoms with Crippen molar-refractivity contribution in [3.63, 3.8) is 0 Å². The molecule has 0 radical (unpaired) electrons. The first-order valence-electron chi connectivity index (χ1n) is 9.81. The van der Waals surface area contributed by atoms with Crippen molar-refractivity contribution in [2.24, 2.45) is 0 Å². The fraction of sp³-hybridized carbons (Fsp3) is 0.227. The molecule has 0 spiro atoms. The van der Waals surface area contributed by atoms with Gasteiger partial charge in [0.1, 0.15) is 11.4 Å². The van der Waals surface area contributed by atoms with Crippen molar-refractivity contribution in [2.45, 2.75) is 32.4 Å². The first-order valence-corrected chi connectivity index (χ1v) is 10.6. The maximum absolute atomic E-state index is 12.7. The monoisotopic (exact) mass is 457 g/mol. The molecule has 1 aliphatic carbocycles. The van der Waals surface area contributed by atoms with E-state index in [1.54, 1.807) is 30.3 Å². The smallest absolute Gasteiger partial charge is 0.256 e.